The van der Waals surface area contributed by atoms with Gasteiger partial charge in [-0.05, 0) is 25.5 Å². The molecule has 0 saturated carbocycles. The third kappa shape index (κ3) is 2.02. The molecule has 0 spiro atoms. The average molecular weight is 219 g/mol. The molecule has 4 heteroatoms. The Morgan fingerprint density at radius 3 is 2.88 bits per heavy atom. The van der Waals surface area contributed by atoms with Crippen LogP contribution in [0.4, 0.5) is 6.01 Å². The summed E-state index contributed by atoms with van der Waals surface area (Å²) >= 11 is 0. The number of fused-ring (bicyclic) bond motifs is 1. The van der Waals surface area contributed by atoms with Gasteiger partial charge in [0.05, 0.1) is 0 Å². The highest BCUT2D eigenvalue weighted by molar-refractivity contribution is 5.78. The van der Waals surface area contributed by atoms with Crippen LogP contribution in [0.5, 0.6) is 0 Å². The fraction of sp³-hybridized carbons (Fsp3) is 0.417. The number of aromatic nitrogens is 1. The first-order valence-electron chi connectivity index (χ1n) is 5.41. The molecule has 1 aromatic carbocycles. The second-order valence-electron chi connectivity index (χ2n) is 4.28. The highest BCUT2D eigenvalue weighted by Crippen LogP contribution is 2.23. The van der Waals surface area contributed by atoms with E-state index in [0.717, 1.165) is 23.2 Å². The number of nitrogens with two attached hydrogens (primary N) is 1. The van der Waals surface area contributed by atoms with Crippen LogP contribution in [0.3, 0.4) is 0 Å². The molecule has 2 N–H and O–H groups in total. The molecule has 1 unspecified atom stereocenters. The van der Waals surface area contributed by atoms with Crippen LogP contribution < -0.4 is 10.6 Å². The second kappa shape index (κ2) is 4.14. The minimum Gasteiger partial charge on any atom is -0.423 e. The van der Waals surface area contributed by atoms with E-state index in [0.29, 0.717) is 6.01 Å². The molecular weight excluding hydrogens is 202 g/mol. The quantitative estimate of drug-likeness (QED) is 0.856. The van der Waals surface area contributed by atoms with E-state index in [4.69, 9.17) is 10.2 Å². The topological polar surface area (TPSA) is 55.3 Å². The number of anilines is 1. The Balaban J connectivity index is 2.36. The first-order chi connectivity index (χ1) is 7.58. The van der Waals surface area contributed by atoms with E-state index in [9.17, 15) is 0 Å². The van der Waals surface area contributed by atoms with Gasteiger partial charge < -0.3 is 15.1 Å². The minimum absolute atomic E-state index is 0.0982. The largest absolute Gasteiger partial charge is 0.423 e. The molecule has 16 heavy (non-hydrogen) atoms. The van der Waals surface area contributed by atoms with Gasteiger partial charge in [-0.3, -0.25) is 0 Å². The van der Waals surface area contributed by atoms with E-state index in [1.165, 1.54) is 0 Å². The third-order valence-electron chi connectivity index (χ3n) is 2.50. The lowest BCUT2D eigenvalue weighted by Gasteiger charge is -2.16. The summed E-state index contributed by atoms with van der Waals surface area (Å²) in [4.78, 5) is 6.40. The Kier molecular flexibility index (Phi) is 2.83. The smallest absolute Gasteiger partial charge is 0.298 e. The monoisotopic (exact) mass is 219 g/mol. The van der Waals surface area contributed by atoms with Crippen molar-refractivity contribution in [2.24, 2.45) is 5.73 Å². The van der Waals surface area contributed by atoms with Gasteiger partial charge in [0, 0.05) is 19.6 Å². The van der Waals surface area contributed by atoms with E-state index < -0.39 is 0 Å². The van der Waals surface area contributed by atoms with Crippen LogP contribution in [0.1, 0.15) is 12.5 Å². The Morgan fingerprint density at radius 2 is 2.25 bits per heavy atom. The number of rotatable bonds is 3. The number of nitrogens with zero attached hydrogens (tertiary/aromatic N) is 2. The van der Waals surface area contributed by atoms with E-state index in [1.54, 1.807) is 0 Å². The van der Waals surface area contributed by atoms with Gasteiger partial charge in [-0.15, -0.1) is 0 Å². The molecule has 0 saturated heterocycles. The van der Waals surface area contributed by atoms with Gasteiger partial charge in [0.25, 0.3) is 6.01 Å². The first-order valence-corrected chi connectivity index (χ1v) is 5.41. The number of aryl methyl sites for hydroxylation is 1. The molecule has 0 bridgehead atoms. The van der Waals surface area contributed by atoms with E-state index in [1.807, 2.05) is 44.0 Å². The van der Waals surface area contributed by atoms with Crippen molar-refractivity contribution in [3.8, 4) is 0 Å². The van der Waals surface area contributed by atoms with Crippen molar-refractivity contribution in [2.45, 2.75) is 19.9 Å². The summed E-state index contributed by atoms with van der Waals surface area (Å²) in [5.74, 6) is 0. The van der Waals surface area contributed by atoms with Crippen LogP contribution in [-0.2, 0) is 0 Å². The Bertz CT molecular complexity index is 490. The fourth-order valence-electron chi connectivity index (χ4n) is 1.75. The SMILES string of the molecule is Cc1cccc2oc(N(C)CC(C)N)nc12. The van der Waals surface area contributed by atoms with Crippen molar-refractivity contribution in [1.82, 2.24) is 4.98 Å². The van der Waals surface area contributed by atoms with Gasteiger partial charge in [0.2, 0.25) is 0 Å². The fourth-order valence-corrected chi connectivity index (χ4v) is 1.75. The summed E-state index contributed by atoms with van der Waals surface area (Å²) in [7, 11) is 1.93. The molecule has 0 aliphatic heterocycles. The van der Waals surface area contributed by atoms with Crippen LogP contribution in [0, 0.1) is 6.92 Å². The number of oxazole rings is 1. The molecule has 2 aromatic rings. The van der Waals surface area contributed by atoms with Gasteiger partial charge in [0.15, 0.2) is 5.58 Å². The van der Waals surface area contributed by atoms with Crippen molar-refractivity contribution in [3.05, 3.63) is 23.8 Å². The first kappa shape index (κ1) is 11.0. The summed E-state index contributed by atoms with van der Waals surface area (Å²) in [6.07, 6.45) is 0. The number of hydrogen-bond acceptors (Lipinski definition) is 4. The second-order valence-corrected chi connectivity index (χ2v) is 4.28. The maximum Gasteiger partial charge on any atom is 0.298 e. The van der Waals surface area contributed by atoms with Crippen molar-refractivity contribution in [1.29, 1.82) is 0 Å². The van der Waals surface area contributed by atoms with Crippen molar-refractivity contribution in [3.63, 3.8) is 0 Å². The predicted molar refractivity (Wildman–Crippen MR) is 65.7 cm³/mol. The Labute approximate surface area is 95.1 Å². The minimum atomic E-state index is 0.0982. The van der Waals surface area contributed by atoms with Crippen LogP contribution in [0.25, 0.3) is 11.1 Å². The Hall–Kier alpha value is -1.55. The molecule has 1 atom stereocenters. The molecule has 0 aliphatic carbocycles. The van der Waals surface area contributed by atoms with Crippen LogP contribution >= 0.6 is 0 Å². The summed E-state index contributed by atoms with van der Waals surface area (Å²) in [6, 6.07) is 6.65. The molecular formula is C12H17N3O. The third-order valence-corrected chi connectivity index (χ3v) is 2.50. The van der Waals surface area contributed by atoms with Gasteiger partial charge in [-0.1, -0.05) is 12.1 Å². The maximum absolute atomic E-state index is 5.74. The number of hydrogen-bond donors (Lipinski definition) is 1. The molecule has 1 aromatic heterocycles. The predicted octanol–water partition coefficient (Wildman–Crippen LogP) is 1.92. The van der Waals surface area contributed by atoms with Gasteiger partial charge in [-0.25, -0.2) is 0 Å². The summed E-state index contributed by atoms with van der Waals surface area (Å²) in [6.45, 7) is 4.72. The molecule has 0 aliphatic rings. The van der Waals surface area contributed by atoms with Crippen molar-refractivity contribution in [2.75, 3.05) is 18.5 Å². The van der Waals surface area contributed by atoms with Crippen molar-refractivity contribution >= 4 is 17.1 Å². The Morgan fingerprint density at radius 1 is 1.50 bits per heavy atom. The lowest BCUT2D eigenvalue weighted by Crippen LogP contribution is -2.32. The van der Waals surface area contributed by atoms with Gasteiger partial charge in [-0.2, -0.15) is 4.98 Å². The van der Waals surface area contributed by atoms with Crippen LogP contribution in [0.15, 0.2) is 22.6 Å². The number of benzene rings is 1. The molecule has 0 radical (unpaired) electrons. The van der Waals surface area contributed by atoms with E-state index in [2.05, 4.69) is 4.98 Å². The maximum atomic E-state index is 5.74. The van der Waals surface area contributed by atoms with Gasteiger partial charge >= 0.3 is 0 Å². The summed E-state index contributed by atoms with van der Waals surface area (Å²) in [5.41, 5.74) is 8.62. The van der Waals surface area contributed by atoms with Crippen LogP contribution in [-0.4, -0.2) is 24.6 Å². The number of para-hydroxylation sites is 1. The van der Waals surface area contributed by atoms with Crippen LogP contribution in [0.2, 0.25) is 0 Å². The highest BCUT2D eigenvalue weighted by Gasteiger charge is 2.12. The zero-order chi connectivity index (χ0) is 11.7. The normalized spacial score (nSPS) is 13.0. The summed E-state index contributed by atoms with van der Waals surface area (Å²) in [5, 5.41) is 0. The summed E-state index contributed by atoms with van der Waals surface area (Å²) < 4.78 is 5.67. The molecule has 0 amide bonds. The zero-order valence-electron chi connectivity index (χ0n) is 9.90. The zero-order valence-corrected chi connectivity index (χ0v) is 9.90. The lowest BCUT2D eigenvalue weighted by atomic mass is 10.2. The van der Waals surface area contributed by atoms with Crippen molar-refractivity contribution < 1.29 is 4.42 Å². The molecule has 0 fully saturated rings. The lowest BCUT2D eigenvalue weighted by molar-refractivity contribution is 0.569. The molecule has 4 nitrogen and oxygen atoms in total. The molecule has 2 rings (SSSR count). The number of likely N-dealkylation sites (N-methyl/N-ethyl adjacent to an activating group) is 1. The van der Waals surface area contributed by atoms with Gasteiger partial charge in [0.1, 0.15) is 5.52 Å². The average Bonchev–Trinajstić information content (AvgIpc) is 2.61. The highest BCUT2D eigenvalue weighted by atomic mass is 16.4. The standard InChI is InChI=1S/C12H17N3O/c1-8-5-4-6-10-11(8)14-12(16-10)15(3)7-9(2)13/h4-6,9H,7,13H2,1-3H3. The van der Waals surface area contributed by atoms with E-state index in [-0.39, 0.29) is 6.04 Å². The molecule has 1 heterocycles. The molecule has 86 valence electrons. The van der Waals surface area contributed by atoms with E-state index >= 15 is 0 Å².